The van der Waals surface area contributed by atoms with Crippen LogP contribution in [0.4, 0.5) is 5.69 Å². The highest BCUT2D eigenvalue weighted by Gasteiger charge is 2.15. The van der Waals surface area contributed by atoms with Crippen molar-refractivity contribution in [2.75, 3.05) is 0 Å². The number of benzene rings is 2. The lowest BCUT2D eigenvalue weighted by atomic mass is 9.89. The number of carbonyl (C=O) groups excluding carboxylic acids is 1. The molecule has 1 atom stereocenters. The Labute approximate surface area is 159 Å². The minimum atomic E-state index is -0.440. The van der Waals surface area contributed by atoms with E-state index in [1.54, 1.807) is 18.2 Å². The summed E-state index contributed by atoms with van der Waals surface area (Å²) in [7, 11) is 0. The molecule has 0 saturated heterocycles. The van der Waals surface area contributed by atoms with Gasteiger partial charge in [-0.3, -0.25) is 14.9 Å². The quantitative estimate of drug-likeness (QED) is 0.456. The van der Waals surface area contributed by atoms with Crippen LogP contribution in [0.3, 0.4) is 0 Å². The third-order valence-electron chi connectivity index (χ3n) is 5.03. The van der Waals surface area contributed by atoms with Gasteiger partial charge in [0.05, 0.1) is 11.0 Å². The average molecular weight is 364 g/mol. The molecule has 0 heterocycles. The Hall–Kier alpha value is -2.95. The molecule has 2 aromatic carbocycles. The number of nitro groups is 1. The standard InChI is InChI=1S/C22H24N2O3/c1-2-21(19-11-10-17-5-3-4-6-18(17)15-19)23-22(25)14-9-16-7-12-20(13-8-16)24(26)27/h7-15,21H,2-6H2,1H3,(H,23,25)/b14-9+/t21-/m0/s1. The van der Waals surface area contributed by atoms with E-state index in [0.717, 1.165) is 30.4 Å². The van der Waals surface area contributed by atoms with E-state index >= 15 is 0 Å². The normalized spacial score (nSPS) is 14.6. The van der Waals surface area contributed by atoms with Crippen LogP contribution in [0, 0.1) is 10.1 Å². The maximum Gasteiger partial charge on any atom is 0.269 e. The number of non-ortho nitro benzene ring substituents is 1. The first-order chi connectivity index (χ1) is 13.1. The van der Waals surface area contributed by atoms with Crippen LogP contribution >= 0.6 is 0 Å². The van der Waals surface area contributed by atoms with Crippen molar-refractivity contribution in [3.63, 3.8) is 0 Å². The second kappa shape index (κ2) is 8.62. The summed E-state index contributed by atoms with van der Waals surface area (Å²) in [6, 6.07) is 12.7. The molecule has 27 heavy (non-hydrogen) atoms. The van der Waals surface area contributed by atoms with Crippen molar-refractivity contribution in [2.24, 2.45) is 0 Å². The lowest BCUT2D eigenvalue weighted by Crippen LogP contribution is -2.26. The van der Waals surface area contributed by atoms with E-state index in [2.05, 4.69) is 30.4 Å². The largest absolute Gasteiger partial charge is 0.346 e. The first-order valence-electron chi connectivity index (χ1n) is 9.41. The molecule has 5 nitrogen and oxygen atoms in total. The Kier molecular flexibility index (Phi) is 6.01. The van der Waals surface area contributed by atoms with Gasteiger partial charge in [0.2, 0.25) is 5.91 Å². The molecule has 0 unspecified atom stereocenters. The number of rotatable bonds is 6. The molecule has 0 spiro atoms. The summed E-state index contributed by atoms with van der Waals surface area (Å²) in [5.74, 6) is -0.169. The van der Waals surface area contributed by atoms with E-state index in [9.17, 15) is 14.9 Å². The first kappa shape index (κ1) is 18.8. The van der Waals surface area contributed by atoms with Crippen molar-refractivity contribution in [1.82, 2.24) is 5.32 Å². The van der Waals surface area contributed by atoms with E-state index in [-0.39, 0.29) is 17.6 Å². The summed E-state index contributed by atoms with van der Waals surface area (Å²) in [6.07, 6.45) is 8.71. The van der Waals surface area contributed by atoms with Crippen LogP contribution in [0.15, 0.2) is 48.5 Å². The molecule has 0 bridgehead atoms. The zero-order chi connectivity index (χ0) is 19.2. The Bertz CT molecular complexity index is 856. The van der Waals surface area contributed by atoms with E-state index < -0.39 is 4.92 Å². The van der Waals surface area contributed by atoms with E-state index in [0.29, 0.717) is 0 Å². The molecule has 1 amide bonds. The van der Waals surface area contributed by atoms with Crippen LogP contribution in [0.1, 0.15) is 54.5 Å². The fourth-order valence-electron chi connectivity index (χ4n) is 3.49. The lowest BCUT2D eigenvalue weighted by molar-refractivity contribution is -0.384. The van der Waals surface area contributed by atoms with Crippen molar-refractivity contribution in [1.29, 1.82) is 0 Å². The fraction of sp³-hybridized carbons (Fsp3) is 0.318. The Morgan fingerprint density at radius 3 is 2.52 bits per heavy atom. The molecule has 1 N–H and O–H groups in total. The molecule has 0 aromatic heterocycles. The summed E-state index contributed by atoms with van der Waals surface area (Å²) in [5.41, 5.74) is 4.78. The maximum atomic E-state index is 12.3. The number of nitrogens with one attached hydrogen (secondary N) is 1. The molecule has 2 aromatic rings. The Morgan fingerprint density at radius 2 is 1.85 bits per heavy atom. The van der Waals surface area contributed by atoms with Gasteiger partial charge in [0.25, 0.3) is 5.69 Å². The van der Waals surface area contributed by atoms with Gasteiger partial charge in [0.1, 0.15) is 0 Å². The van der Waals surface area contributed by atoms with E-state index in [1.807, 2.05) is 0 Å². The number of amides is 1. The van der Waals surface area contributed by atoms with Gasteiger partial charge in [0, 0.05) is 18.2 Å². The molecule has 0 fully saturated rings. The number of carbonyl (C=O) groups is 1. The second-order valence-corrected chi connectivity index (χ2v) is 6.89. The topological polar surface area (TPSA) is 72.2 Å². The van der Waals surface area contributed by atoms with Crippen molar-refractivity contribution in [2.45, 2.75) is 45.1 Å². The van der Waals surface area contributed by atoms with Gasteiger partial charge in [-0.25, -0.2) is 0 Å². The summed E-state index contributed by atoms with van der Waals surface area (Å²) in [4.78, 5) is 22.6. The molecular formula is C22H24N2O3. The van der Waals surface area contributed by atoms with Gasteiger partial charge in [-0.1, -0.05) is 25.1 Å². The van der Waals surface area contributed by atoms with Gasteiger partial charge in [-0.2, -0.15) is 0 Å². The van der Waals surface area contributed by atoms with Crippen LogP contribution in [-0.4, -0.2) is 10.8 Å². The number of fused-ring (bicyclic) bond motifs is 1. The van der Waals surface area contributed by atoms with Crippen molar-refractivity contribution < 1.29 is 9.72 Å². The fourth-order valence-corrected chi connectivity index (χ4v) is 3.49. The van der Waals surface area contributed by atoms with E-state index in [1.165, 1.54) is 42.2 Å². The van der Waals surface area contributed by atoms with Crippen molar-refractivity contribution in [3.8, 4) is 0 Å². The smallest absolute Gasteiger partial charge is 0.269 e. The molecule has 5 heteroatoms. The monoisotopic (exact) mass is 364 g/mol. The Balaban J connectivity index is 1.65. The highest BCUT2D eigenvalue weighted by atomic mass is 16.6. The van der Waals surface area contributed by atoms with Gasteiger partial charge in [-0.05, 0) is 72.6 Å². The number of nitro benzene ring substituents is 1. The minimum Gasteiger partial charge on any atom is -0.346 e. The predicted octanol–water partition coefficient (Wildman–Crippen LogP) is 4.75. The lowest BCUT2D eigenvalue weighted by Gasteiger charge is -2.21. The minimum absolute atomic E-state index is 0.0220. The van der Waals surface area contributed by atoms with Gasteiger partial charge >= 0.3 is 0 Å². The first-order valence-corrected chi connectivity index (χ1v) is 9.41. The maximum absolute atomic E-state index is 12.3. The van der Waals surface area contributed by atoms with Gasteiger partial charge in [0.15, 0.2) is 0 Å². The Morgan fingerprint density at radius 1 is 1.15 bits per heavy atom. The highest BCUT2D eigenvalue weighted by Crippen LogP contribution is 2.26. The number of aryl methyl sites for hydroxylation is 2. The van der Waals surface area contributed by atoms with Crippen LogP contribution in [0.5, 0.6) is 0 Å². The highest BCUT2D eigenvalue weighted by molar-refractivity contribution is 5.92. The molecule has 140 valence electrons. The molecule has 0 aliphatic heterocycles. The van der Waals surface area contributed by atoms with Gasteiger partial charge in [-0.15, -0.1) is 0 Å². The third-order valence-corrected chi connectivity index (χ3v) is 5.03. The molecular weight excluding hydrogens is 340 g/mol. The zero-order valence-corrected chi connectivity index (χ0v) is 15.5. The molecule has 3 rings (SSSR count). The van der Waals surface area contributed by atoms with Crippen molar-refractivity contribution in [3.05, 3.63) is 80.9 Å². The SMILES string of the molecule is CC[C@H](NC(=O)/C=C/c1ccc([N+](=O)[O-])cc1)c1ccc2c(c1)CCCC2. The number of nitrogens with zero attached hydrogens (tertiary/aromatic N) is 1. The zero-order valence-electron chi connectivity index (χ0n) is 15.5. The van der Waals surface area contributed by atoms with Crippen LogP contribution in [0.25, 0.3) is 6.08 Å². The van der Waals surface area contributed by atoms with Crippen LogP contribution in [-0.2, 0) is 17.6 Å². The van der Waals surface area contributed by atoms with E-state index in [4.69, 9.17) is 0 Å². The molecule has 0 radical (unpaired) electrons. The molecule has 1 aliphatic rings. The van der Waals surface area contributed by atoms with Crippen LogP contribution in [0.2, 0.25) is 0 Å². The summed E-state index contributed by atoms with van der Waals surface area (Å²) < 4.78 is 0. The van der Waals surface area contributed by atoms with Crippen molar-refractivity contribution >= 4 is 17.7 Å². The second-order valence-electron chi connectivity index (χ2n) is 6.89. The van der Waals surface area contributed by atoms with Crippen LogP contribution < -0.4 is 5.32 Å². The average Bonchev–Trinajstić information content (AvgIpc) is 2.70. The summed E-state index contributed by atoms with van der Waals surface area (Å²) >= 11 is 0. The number of hydrogen-bond acceptors (Lipinski definition) is 3. The third kappa shape index (κ3) is 4.82. The predicted molar refractivity (Wildman–Crippen MR) is 106 cm³/mol. The number of hydrogen-bond donors (Lipinski definition) is 1. The van der Waals surface area contributed by atoms with Gasteiger partial charge < -0.3 is 5.32 Å². The molecule has 0 saturated carbocycles. The summed E-state index contributed by atoms with van der Waals surface area (Å²) in [6.45, 7) is 2.06. The molecule has 1 aliphatic carbocycles. The summed E-state index contributed by atoms with van der Waals surface area (Å²) in [5, 5.41) is 13.7.